The molecule has 0 unspecified atom stereocenters. The van der Waals surface area contributed by atoms with Crippen molar-refractivity contribution >= 4 is 40.6 Å². The van der Waals surface area contributed by atoms with E-state index in [2.05, 4.69) is 22.1 Å². The first-order valence-electron chi connectivity index (χ1n) is 9.30. The normalized spacial score (nSPS) is 11.1. The monoisotopic (exact) mass is 424 g/mol. The number of benzene rings is 2. The number of carbonyl (C=O) groups is 2. The fourth-order valence-electron chi connectivity index (χ4n) is 2.64. The maximum Gasteiger partial charge on any atom is 0.256 e. The smallest absolute Gasteiger partial charge is 0.256 e. The van der Waals surface area contributed by atoms with E-state index in [0.717, 1.165) is 10.6 Å². The zero-order valence-corrected chi connectivity index (χ0v) is 18.3. The predicted molar refractivity (Wildman–Crippen MR) is 122 cm³/mol. The van der Waals surface area contributed by atoms with Crippen LogP contribution in [0.15, 0.2) is 70.9 Å². The minimum atomic E-state index is -0.297. The molecule has 0 spiro atoms. The Balaban J connectivity index is 1.66. The fourth-order valence-corrected chi connectivity index (χ4v) is 4.46. The molecule has 3 rings (SSSR count). The van der Waals surface area contributed by atoms with Gasteiger partial charge in [-0.2, -0.15) is 0 Å². The van der Waals surface area contributed by atoms with E-state index < -0.39 is 0 Å². The van der Waals surface area contributed by atoms with Crippen LogP contribution in [0.2, 0.25) is 0 Å². The molecular formula is C23H24N2O2S2. The topological polar surface area (TPSA) is 58.2 Å². The molecule has 0 aliphatic rings. The molecule has 0 fully saturated rings. The molecule has 1 aromatic heterocycles. The third-order valence-corrected chi connectivity index (χ3v) is 6.16. The van der Waals surface area contributed by atoms with Gasteiger partial charge in [0.25, 0.3) is 11.8 Å². The van der Waals surface area contributed by atoms with E-state index in [1.54, 1.807) is 47.4 Å². The number of rotatable bonds is 6. The summed E-state index contributed by atoms with van der Waals surface area (Å²) < 4.78 is 0. The zero-order valence-electron chi connectivity index (χ0n) is 16.7. The average Bonchev–Trinajstić information content (AvgIpc) is 3.19. The Bertz CT molecular complexity index is 975. The van der Waals surface area contributed by atoms with Crippen LogP contribution in [0.25, 0.3) is 0 Å². The second-order valence-corrected chi connectivity index (χ2v) is 9.65. The van der Waals surface area contributed by atoms with Gasteiger partial charge in [0.15, 0.2) is 0 Å². The van der Waals surface area contributed by atoms with Gasteiger partial charge in [0.1, 0.15) is 0 Å². The summed E-state index contributed by atoms with van der Waals surface area (Å²) >= 11 is 3.36. The van der Waals surface area contributed by atoms with E-state index in [1.807, 2.05) is 51.1 Å². The van der Waals surface area contributed by atoms with Gasteiger partial charge in [0, 0.05) is 32.3 Å². The maximum atomic E-state index is 12.8. The summed E-state index contributed by atoms with van der Waals surface area (Å²) in [4.78, 5) is 27.2. The van der Waals surface area contributed by atoms with E-state index in [-0.39, 0.29) is 17.4 Å². The van der Waals surface area contributed by atoms with Crippen molar-refractivity contribution in [3.8, 4) is 0 Å². The van der Waals surface area contributed by atoms with Gasteiger partial charge in [0.2, 0.25) is 0 Å². The van der Waals surface area contributed by atoms with Crippen LogP contribution >= 0.6 is 23.1 Å². The summed E-state index contributed by atoms with van der Waals surface area (Å²) in [5, 5.41) is 7.91. The molecule has 4 nitrogen and oxygen atoms in total. The Morgan fingerprint density at radius 2 is 1.66 bits per heavy atom. The van der Waals surface area contributed by atoms with Crippen molar-refractivity contribution in [1.29, 1.82) is 0 Å². The van der Waals surface area contributed by atoms with Crippen molar-refractivity contribution in [2.75, 3.05) is 5.32 Å². The van der Waals surface area contributed by atoms with Gasteiger partial charge >= 0.3 is 0 Å². The van der Waals surface area contributed by atoms with Crippen molar-refractivity contribution < 1.29 is 9.59 Å². The molecule has 0 aliphatic carbocycles. The lowest BCUT2D eigenvalue weighted by molar-refractivity contribution is 0.0919. The molecule has 0 saturated carbocycles. The molecule has 150 valence electrons. The standard InChI is InChI=1S/C23H24N2O2S2/c1-23(2,3)25-21(26)16-10-12-17(13-11-16)24-22(27)19-8-4-5-9-20(19)29-15-18-7-6-14-28-18/h4-14H,15H2,1-3H3,(H,24,27)(H,25,26). The van der Waals surface area contributed by atoms with E-state index in [0.29, 0.717) is 16.8 Å². The third kappa shape index (κ3) is 6.21. The predicted octanol–water partition coefficient (Wildman–Crippen LogP) is 5.82. The summed E-state index contributed by atoms with van der Waals surface area (Å²) in [6.07, 6.45) is 0. The van der Waals surface area contributed by atoms with E-state index in [1.165, 1.54) is 4.88 Å². The molecule has 29 heavy (non-hydrogen) atoms. The van der Waals surface area contributed by atoms with Crippen LogP contribution in [0.3, 0.4) is 0 Å². The molecular weight excluding hydrogens is 400 g/mol. The number of thioether (sulfide) groups is 1. The van der Waals surface area contributed by atoms with E-state index >= 15 is 0 Å². The zero-order chi connectivity index (χ0) is 20.9. The number of thiophene rings is 1. The van der Waals surface area contributed by atoms with Crippen LogP contribution < -0.4 is 10.6 Å². The molecule has 0 bridgehead atoms. The quantitative estimate of drug-likeness (QED) is 0.490. The first-order valence-corrected chi connectivity index (χ1v) is 11.2. The Morgan fingerprint density at radius 1 is 0.931 bits per heavy atom. The second-order valence-electron chi connectivity index (χ2n) is 7.60. The van der Waals surface area contributed by atoms with Crippen LogP contribution in [0.1, 0.15) is 46.4 Å². The molecule has 2 amide bonds. The lowest BCUT2D eigenvalue weighted by atomic mass is 10.1. The van der Waals surface area contributed by atoms with Crippen molar-refractivity contribution in [3.63, 3.8) is 0 Å². The van der Waals surface area contributed by atoms with Gasteiger partial charge in [-0.15, -0.1) is 23.1 Å². The number of amides is 2. The summed E-state index contributed by atoms with van der Waals surface area (Å²) in [5.41, 5.74) is 1.56. The highest BCUT2D eigenvalue weighted by Crippen LogP contribution is 2.28. The lowest BCUT2D eigenvalue weighted by Gasteiger charge is -2.20. The fraction of sp³-hybridized carbons (Fsp3) is 0.217. The van der Waals surface area contributed by atoms with Gasteiger partial charge < -0.3 is 10.6 Å². The van der Waals surface area contributed by atoms with Gasteiger partial charge in [-0.3, -0.25) is 9.59 Å². The lowest BCUT2D eigenvalue weighted by Crippen LogP contribution is -2.40. The molecule has 0 radical (unpaired) electrons. The summed E-state index contributed by atoms with van der Waals surface area (Å²) in [6, 6.07) is 18.7. The molecule has 1 heterocycles. The van der Waals surface area contributed by atoms with Gasteiger partial charge in [-0.1, -0.05) is 18.2 Å². The number of hydrogen-bond donors (Lipinski definition) is 2. The van der Waals surface area contributed by atoms with Crippen molar-refractivity contribution in [1.82, 2.24) is 5.32 Å². The Hall–Kier alpha value is -2.57. The number of hydrogen-bond acceptors (Lipinski definition) is 4. The molecule has 2 aromatic carbocycles. The molecule has 3 aromatic rings. The SMILES string of the molecule is CC(C)(C)NC(=O)c1ccc(NC(=O)c2ccccc2SCc2cccs2)cc1. The summed E-state index contributed by atoms with van der Waals surface area (Å²) in [5.74, 6) is 0.538. The van der Waals surface area contributed by atoms with Gasteiger partial charge in [-0.05, 0) is 68.6 Å². The minimum absolute atomic E-state index is 0.134. The van der Waals surface area contributed by atoms with Crippen molar-refractivity contribution in [2.45, 2.75) is 37.0 Å². The van der Waals surface area contributed by atoms with Crippen LogP contribution in [0, 0.1) is 0 Å². The summed E-state index contributed by atoms with van der Waals surface area (Å²) in [6.45, 7) is 5.81. The largest absolute Gasteiger partial charge is 0.347 e. The Morgan fingerprint density at radius 3 is 2.31 bits per heavy atom. The third-order valence-electron chi connectivity index (χ3n) is 3.98. The molecule has 2 N–H and O–H groups in total. The molecule has 0 aliphatic heterocycles. The highest BCUT2D eigenvalue weighted by atomic mass is 32.2. The van der Waals surface area contributed by atoms with Crippen LogP contribution in [-0.2, 0) is 5.75 Å². The van der Waals surface area contributed by atoms with Crippen LogP contribution in [0.4, 0.5) is 5.69 Å². The van der Waals surface area contributed by atoms with Crippen LogP contribution in [0.5, 0.6) is 0 Å². The second kappa shape index (κ2) is 9.29. The van der Waals surface area contributed by atoms with Gasteiger partial charge in [-0.25, -0.2) is 0 Å². The Kier molecular flexibility index (Phi) is 6.77. The molecule has 0 saturated heterocycles. The number of nitrogens with one attached hydrogen (secondary N) is 2. The first-order chi connectivity index (χ1) is 13.8. The van der Waals surface area contributed by atoms with Crippen molar-refractivity contribution in [2.24, 2.45) is 0 Å². The average molecular weight is 425 g/mol. The highest BCUT2D eigenvalue weighted by molar-refractivity contribution is 7.98. The molecule has 0 atom stereocenters. The summed E-state index contributed by atoms with van der Waals surface area (Å²) in [7, 11) is 0. The molecule has 6 heteroatoms. The minimum Gasteiger partial charge on any atom is -0.347 e. The van der Waals surface area contributed by atoms with Crippen molar-refractivity contribution in [3.05, 3.63) is 82.0 Å². The number of anilines is 1. The number of carbonyl (C=O) groups excluding carboxylic acids is 2. The van der Waals surface area contributed by atoms with Gasteiger partial charge in [0.05, 0.1) is 5.56 Å². The highest BCUT2D eigenvalue weighted by Gasteiger charge is 2.16. The van der Waals surface area contributed by atoms with E-state index in [9.17, 15) is 9.59 Å². The Labute approximate surface area is 179 Å². The first kappa shape index (κ1) is 21.1. The van der Waals surface area contributed by atoms with E-state index in [4.69, 9.17) is 0 Å². The van der Waals surface area contributed by atoms with Crippen LogP contribution in [-0.4, -0.2) is 17.4 Å². The maximum absolute atomic E-state index is 12.8.